The number of ether oxygens (including phenoxy) is 1. The Labute approximate surface area is 106 Å². The maximum absolute atomic E-state index is 9.10. The highest BCUT2D eigenvalue weighted by molar-refractivity contribution is 5.54. The van der Waals surface area contributed by atoms with E-state index >= 15 is 0 Å². The van der Waals surface area contributed by atoms with Crippen molar-refractivity contribution in [2.24, 2.45) is 5.92 Å². The van der Waals surface area contributed by atoms with Crippen molar-refractivity contribution in [1.82, 2.24) is 10.2 Å². The normalized spacial score (nSPS) is 18.6. The molecule has 1 aliphatic rings. The second-order valence-corrected chi connectivity index (χ2v) is 4.39. The van der Waals surface area contributed by atoms with Gasteiger partial charge in [0.2, 0.25) is 0 Å². The van der Waals surface area contributed by atoms with Crippen LogP contribution >= 0.6 is 0 Å². The Morgan fingerprint density at radius 1 is 1.50 bits per heavy atom. The monoisotopic (exact) mass is 248 g/mol. The molecule has 96 valence electrons. The third kappa shape index (κ3) is 2.75. The Morgan fingerprint density at radius 2 is 2.33 bits per heavy atom. The molecule has 1 atom stereocenters. The number of hydrogen-bond acceptors (Lipinski definition) is 6. The topological polar surface area (TPSA) is 80.1 Å². The lowest BCUT2D eigenvalue weighted by atomic mass is 10.1. The minimum absolute atomic E-state index is 0.375. The molecule has 2 rings (SSSR count). The second-order valence-electron chi connectivity index (χ2n) is 4.39. The van der Waals surface area contributed by atoms with Crippen LogP contribution in [0, 0.1) is 31.1 Å². The fourth-order valence-corrected chi connectivity index (χ4v) is 1.76. The zero-order chi connectivity index (χ0) is 13.0. The molecule has 0 aromatic carbocycles. The van der Waals surface area contributed by atoms with Crippen LogP contribution in [0.5, 0.6) is 0 Å². The summed E-state index contributed by atoms with van der Waals surface area (Å²) in [5.41, 5.74) is 4.76. The standard InChI is InChI=1S/C12H16N4O2/c1-8-9(2)14-15-12(11(8)5-13)16-18-7-10-3-4-17-6-10/h10H,3-4,6-7H2,1-2H3,(H,15,16). The van der Waals surface area contributed by atoms with Crippen LogP contribution in [0.1, 0.15) is 23.2 Å². The third-order valence-electron chi connectivity index (χ3n) is 3.08. The molecule has 1 saturated heterocycles. The molecule has 0 bridgehead atoms. The molecule has 0 spiro atoms. The molecule has 0 aliphatic carbocycles. The van der Waals surface area contributed by atoms with Gasteiger partial charge >= 0.3 is 0 Å². The van der Waals surface area contributed by atoms with Crippen molar-refractivity contribution in [3.05, 3.63) is 16.8 Å². The van der Waals surface area contributed by atoms with Gasteiger partial charge in [0.1, 0.15) is 11.6 Å². The van der Waals surface area contributed by atoms with Crippen LogP contribution in [0.3, 0.4) is 0 Å². The van der Waals surface area contributed by atoms with Crippen LogP contribution < -0.4 is 5.48 Å². The maximum Gasteiger partial charge on any atom is 0.190 e. The molecule has 1 fully saturated rings. The maximum atomic E-state index is 9.10. The van der Waals surface area contributed by atoms with Gasteiger partial charge in [-0.05, 0) is 25.8 Å². The Morgan fingerprint density at radius 3 is 3.00 bits per heavy atom. The summed E-state index contributed by atoms with van der Waals surface area (Å²) in [5, 5.41) is 17.0. The fourth-order valence-electron chi connectivity index (χ4n) is 1.76. The van der Waals surface area contributed by atoms with Crippen molar-refractivity contribution >= 4 is 5.82 Å². The minimum atomic E-state index is 0.375. The number of aryl methyl sites for hydroxylation is 1. The molecule has 0 saturated carbocycles. The Hall–Kier alpha value is -1.71. The second kappa shape index (κ2) is 5.76. The molecule has 1 N–H and O–H groups in total. The first kappa shape index (κ1) is 12.7. The highest BCUT2D eigenvalue weighted by atomic mass is 16.6. The summed E-state index contributed by atoms with van der Waals surface area (Å²) < 4.78 is 5.25. The molecule has 1 aromatic heterocycles. The van der Waals surface area contributed by atoms with Crippen LogP contribution in [0.25, 0.3) is 0 Å². The van der Waals surface area contributed by atoms with Gasteiger partial charge in [0.25, 0.3) is 0 Å². The lowest BCUT2D eigenvalue weighted by Crippen LogP contribution is -2.15. The predicted molar refractivity (Wildman–Crippen MR) is 64.7 cm³/mol. The first-order chi connectivity index (χ1) is 8.72. The molecule has 0 radical (unpaired) electrons. The zero-order valence-electron chi connectivity index (χ0n) is 10.6. The van der Waals surface area contributed by atoms with Gasteiger partial charge in [-0.25, -0.2) is 5.48 Å². The molecule has 6 heteroatoms. The number of rotatable bonds is 4. The Balaban J connectivity index is 1.96. The van der Waals surface area contributed by atoms with Crippen molar-refractivity contribution in [2.45, 2.75) is 20.3 Å². The lowest BCUT2D eigenvalue weighted by molar-refractivity contribution is 0.126. The number of nitrogens with one attached hydrogen (secondary N) is 1. The SMILES string of the molecule is Cc1nnc(NOCC2CCOC2)c(C#N)c1C. The van der Waals surface area contributed by atoms with Gasteiger partial charge in [0, 0.05) is 12.5 Å². The van der Waals surface area contributed by atoms with Gasteiger partial charge in [0.15, 0.2) is 5.82 Å². The summed E-state index contributed by atoms with van der Waals surface area (Å²) in [5.74, 6) is 0.780. The van der Waals surface area contributed by atoms with Gasteiger partial charge in [-0.3, -0.25) is 4.84 Å². The van der Waals surface area contributed by atoms with E-state index in [9.17, 15) is 0 Å². The average Bonchev–Trinajstić information content (AvgIpc) is 2.87. The summed E-state index contributed by atoms with van der Waals surface area (Å²) in [6, 6.07) is 2.11. The van der Waals surface area contributed by atoms with Crippen molar-refractivity contribution in [2.75, 3.05) is 25.3 Å². The van der Waals surface area contributed by atoms with Crippen molar-refractivity contribution < 1.29 is 9.57 Å². The number of nitrogens with zero attached hydrogens (tertiary/aromatic N) is 3. The van der Waals surface area contributed by atoms with E-state index in [-0.39, 0.29) is 0 Å². The molecular formula is C12H16N4O2. The van der Waals surface area contributed by atoms with E-state index in [4.69, 9.17) is 14.8 Å². The van der Waals surface area contributed by atoms with Crippen molar-refractivity contribution in [3.63, 3.8) is 0 Å². The third-order valence-corrected chi connectivity index (χ3v) is 3.08. The predicted octanol–water partition coefficient (Wildman–Crippen LogP) is 1.35. The van der Waals surface area contributed by atoms with E-state index in [1.165, 1.54) is 0 Å². The summed E-state index contributed by atoms with van der Waals surface area (Å²) in [4.78, 5) is 5.36. The van der Waals surface area contributed by atoms with Crippen LogP contribution in [0.4, 0.5) is 5.82 Å². The first-order valence-corrected chi connectivity index (χ1v) is 5.92. The smallest absolute Gasteiger partial charge is 0.190 e. The minimum Gasteiger partial charge on any atom is -0.381 e. The van der Waals surface area contributed by atoms with E-state index in [1.54, 1.807) is 0 Å². The molecular weight excluding hydrogens is 232 g/mol. The van der Waals surface area contributed by atoms with Gasteiger partial charge in [0.05, 0.1) is 18.9 Å². The van der Waals surface area contributed by atoms with E-state index < -0.39 is 0 Å². The van der Waals surface area contributed by atoms with Crippen LogP contribution in [-0.4, -0.2) is 30.0 Å². The molecule has 1 aromatic rings. The van der Waals surface area contributed by atoms with Gasteiger partial charge in [-0.2, -0.15) is 10.4 Å². The fraction of sp³-hybridized carbons (Fsp3) is 0.583. The summed E-state index contributed by atoms with van der Waals surface area (Å²) in [7, 11) is 0. The zero-order valence-corrected chi connectivity index (χ0v) is 10.6. The van der Waals surface area contributed by atoms with E-state index in [2.05, 4.69) is 21.7 Å². The Bertz CT molecular complexity index is 464. The number of anilines is 1. The number of aromatic nitrogens is 2. The molecule has 0 amide bonds. The molecule has 2 heterocycles. The van der Waals surface area contributed by atoms with E-state index in [0.29, 0.717) is 23.9 Å². The van der Waals surface area contributed by atoms with Crippen LogP contribution in [0.15, 0.2) is 0 Å². The highest BCUT2D eigenvalue weighted by Gasteiger charge is 2.16. The first-order valence-electron chi connectivity index (χ1n) is 5.92. The molecule has 1 aliphatic heterocycles. The van der Waals surface area contributed by atoms with Gasteiger partial charge < -0.3 is 4.74 Å². The molecule has 1 unspecified atom stereocenters. The molecule has 18 heavy (non-hydrogen) atoms. The van der Waals surface area contributed by atoms with Crippen molar-refractivity contribution in [1.29, 1.82) is 5.26 Å². The molecule has 6 nitrogen and oxygen atoms in total. The summed E-state index contributed by atoms with van der Waals surface area (Å²) >= 11 is 0. The Kier molecular flexibility index (Phi) is 4.07. The van der Waals surface area contributed by atoms with Gasteiger partial charge in [-0.1, -0.05) is 0 Å². The largest absolute Gasteiger partial charge is 0.381 e. The summed E-state index contributed by atoms with van der Waals surface area (Å²) in [6.07, 6.45) is 1.01. The van der Waals surface area contributed by atoms with Crippen LogP contribution in [-0.2, 0) is 9.57 Å². The quantitative estimate of drug-likeness (QED) is 0.810. The lowest BCUT2D eigenvalue weighted by Gasteiger charge is -2.11. The van der Waals surface area contributed by atoms with E-state index in [0.717, 1.165) is 30.9 Å². The number of hydrogen-bond donors (Lipinski definition) is 1. The van der Waals surface area contributed by atoms with Gasteiger partial charge in [-0.15, -0.1) is 5.10 Å². The van der Waals surface area contributed by atoms with Crippen molar-refractivity contribution in [3.8, 4) is 6.07 Å². The summed E-state index contributed by atoms with van der Waals surface area (Å²) in [6.45, 7) is 5.73. The number of nitriles is 1. The van der Waals surface area contributed by atoms with E-state index in [1.807, 2.05) is 13.8 Å². The average molecular weight is 248 g/mol. The van der Waals surface area contributed by atoms with Crippen LogP contribution in [0.2, 0.25) is 0 Å². The highest BCUT2D eigenvalue weighted by Crippen LogP contribution is 2.18.